The zero-order chi connectivity index (χ0) is 32.7. The fourth-order valence-corrected chi connectivity index (χ4v) is 4.12. The number of hydrogen-bond donors (Lipinski definition) is 2. The number of carbonyl (C=O) groups excluding carboxylic acids is 4. The summed E-state index contributed by atoms with van der Waals surface area (Å²) in [7, 11) is 0. The highest BCUT2D eigenvalue weighted by molar-refractivity contribution is 6.68. The van der Waals surface area contributed by atoms with E-state index in [2.05, 4.69) is 0 Å². The predicted octanol–water partition coefficient (Wildman–Crippen LogP) is 4.96. The lowest BCUT2D eigenvalue weighted by atomic mass is 9.84. The number of ether oxygens (including phenoxy) is 6. The third kappa shape index (κ3) is 10.9. The highest BCUT2D eigenvalue weighted by Crippen LogP contribution is 2.33. The van der Waals surface area contributed by atoms with Crippen molar-refractivity contribution in [3.63, 3.8) is 0 Å². The Bertz CT molecular complexity index is 1190. The predicted molar refractivity (Wildman–Crippen MR) is 156 cm³/mol. The summed E-state index contributed by atoms with van der Waals surface area (Å²) in [5, 5.41) is 22.1. The van der Waals surface area contributed by atoms with E-state index < -0.39 is 81.7 Å². The molecule has 0 spiro atoms. The Kier molecular flexibility index (Phi) is 12.9. The van der Waals surface area contributed by atoms with E-state index >= 15 is 0 Å². The third-order valence-electron chi connectivity index (χ3n) is 5.67. The number of aliphatic hydroxyl groups is 2. The summed E-state index contributed by atoms with van der Waals surface area (Å²) in [5.74, 6) is -2.11. The van der Waals surface area contributed by atoms with Crippen LogP contribution in [-0.4, -0.2) is 91.9 Å². The van der Waals surface area contributed by atoms with Crippen LogP contribution in [0.3, 0.4) is 0 Å². The maximum absolute atomic E-state index is 12.9. The van der Waals surface area contributed by atoms with Crippen LogP contribution in [0.1, 0.15) is 20.7 Å². The van der Waals surface area contributed by atoms with Crippen molar-refractivity contribution in [2.24, 2.45) is 0 Å². The number of halogens is 6. The van der Waals surface area contributed by atoms with Crippen molar-refractivity contribution in [1.82, 2.24) is 0 Å². The van der Waals surface area contributed by atoms with E-state index in [1.165, 1.54) is 48.5 Å². The molecule has 0 radical (unpaired) electrons. The lowest BCUT2D eigenvalue weighted by molar-refractivity contribution is -0.229. The Morgan fingerprint density at radius 1 is 0.545 bits per heavy atom. The molecule has 0 heterocycles. The minimum Gasteiger partial charge on any atom is -0.452 e. The van der Waals surface area contributed by atoms with Gasteiger partial charge >= 0.3 is 24.2 Å². The molecule has 2 N–H and O–H groups in total. The Labute approximate surface area is 279 Å². The van der Waals surface area contributed by atoms with Crippen molar-refractivity contribution >= 4 is 93.9 Å². The second-order valence-corrected chi connectivity index (χ2v) is 14.0. The lowest BCUT2D eigenvalue weighted by Crippen LogP contribution is -2.67. The van der Waals surface area contributed by atoms with Crippen LogP contribution in [0.5, 0.6) is 0 Å². The quantitative estimate of drug-likeness (QED) is 0.213. The second-order valence-electron chi connectivity index (χ2n) is 8.93. The fraction of sp³-hybridized carbons (Fsp3) is 0.385. The van der Waals surface area contributed by atoms with Crippen molar-refractivity contribution in [3.05, 3.63) is 71.8 Å². The fourth-order valence-electron chi connectivity index (χ4n) is 3.80. The molecule has 6 atom stereocenters. The first-order valence-electron chi connectivity index (χ1n) is 12.2. The Morgan fingerprint density at radius 3 is 1.16 bits per heavy atom. The molecule has 240 valence electrons. The van der Waals surface area contributed by atoms with Crippen LogP contribution in [0, 0.1) is 0 Å². The molecule has 1 saturated carbocycles. The zero-order valence-electron chi connectivity index (χ0n) is 21.9. The van der Waals surface area contributed by atoms with Crippen molar-refractivity contribution < 1.29 is 57.8 Å². The van der Waals surface area contributed by atoms with Gasteiger partial charge in [-0.25, -0.2) is 19.2 Å². The molecule has 1 aliphatic rings. The number of carbonyl (C=O) groups is 4. The Morgan fingerprint density at radius 2 is 0.864 bits per heavy atom. The van der Waals surface area contributed by atoms with Crippen LogP contribution < -0.4 is 0 Å². The highest BCUT2D eigenvalue weighted by atomic mass is 35.6. The summed E-state index contributed by atoms with van der Waals surface area (Å²) in [6.45, 7) is -1.65. The van der Waals surface area contributed by atoms with Gasteiger partial charge < -0.3 is 38.6 Å². The minimum absolute atomic E-state index is 0.0103. The van der Waals surface area contributed by atoms with Gasteiger partial charge in [0.25, 0.3) is 0 Å². The van der Waals surface area contributed by atoms with Gasteiger partial charge in [-0.3, -0.25) is 0 Å². The minimum atomic E-state index is -2.11. The van der Waals surface area contributed by atoms with Crippen molar-refractivity contribution in [2.75, 3.05) is 13.2 Å². The molecule has 12 nitrogen and oxygen atoms in total. The first kappa shape index (κ1) is 36.1. The summed E-state index contributed by atoms with van der Waals surface area (Å²) in [4.78, 5) is 51.2. The maximum Gasteiger partial charge on any atom is 0.508 e. The SMILES string of the molecule is O=C(OCC(Cl)(Cl)Cl)O[C@H]1[C@H](OC(=O)OCC(Cl)(Cl)Cl)[C@@H](OC(=O)c2ccccc2)[C@@H](O)[C@@H](O)[C@@H]1OC(=O)c1ccccc1. The van der Waals surface area contributed by atoms with E-state index in [1.807, 2.05) is 0 Å². The number of alkyl halides is 6. The second kappa shape index (κ2) is 15.7. The monoisotopic (exact) mass is 736 g/mol. The molecule has 18 heteroatoms. The molecule has 44 heavy (non-hydrogen) atoms. The van der Waals surface area contributed by atoms with Crippen molar-refractivity contribution in [1.29, 1.82) is 0 Å². The molecule has 0 saturated heterocycles. The average molecular weight is 739 g/mol. The molecule has 3 rings (SSSR count). The van der Waals surface area contributed by atoms with Gasteiger partial charge in [0.1, 0.15) is 25.4 Å². The molecule has 2 aromatic rings. The number of benzene rings is 2. The summed E-state index contributed by atoms with van der Waals surface area (Å²) in [5.41, 5.74) is -0.0205. The zero-order valence-corrected chi connectivity index (χ0v) is 26.4. The number of hydrogen-bond acceptors (Lipinski definition) is 12. The molecule has 1 aliphatic carbocycles. The summed E-state index contributed by atoms with van der Waals surface area (Å²) in [6, 6.07) is 14.7. The highest BCUT2D eigenvalue weighted by Gasteiger charge is 2.58. The van der Waals surface area contributed by atoms with Crippen LogP contribution in [0.25, 0.3) is 0 Å². The summed E-state index contributed by atoms with van der Waals surface area (Å²) < 4.78 is 26.6. The first-order valence-corrected chi connectivity index (χ1v) is 14.5. The van der Waals surface area contributed by atoms with Crippen LogP contribution in [-0.2, 0) is 28.4 Å². The Balaban J connectivity index is 2.01. The largest absolute Gasteiger partial charge is 0.508 e. The van der Waals surface area contributed by atoms with Crippen molar-refractivity contribution in [3.8, 4) is 0 Å². The van der Waals surface area contributed by atoms with Gasteiger partial charge in [0.05, 0.1) is 11.1 Å². The topological polar surface area (TPSA) is 164 Å². The first-order chi connectivity index (χ1) is 20.6. The molecule has 2 aromatic carbocycles. The van der Waals surface area contributed by atoms with E-state index in [-0.39, 0.29) is 11.1 Å². The summed E-state index contributed by atoms with van der Waals surface area (Å²) in [6.07, 6.45) is -15.4. The van der Waals surface area contributed by atoms with Gasteiger partial charge in [-0.05, 0) is 24.3 Å². The molecular weight excluding hydrogens is 717 g/mol. The maximum atomic E-state index is 12.9. The van der Waals surface area contributed by atoms with Gasteiger partial charge in [0.15, 0.2) is 24.4 Å². The van der Waals surface area contributed by atoms with E-state index in [0.29, 0.717) is 0 Å². The van der Waals surface area contributed by atoms with Gasteiger partial charge in [-0.1, -0.05) is 106 Å². The normalized spacial score (nSPS) is 23.5. The van der Waals surface area contributed by atoms with Gasteiger partial charge in [0.2, 0.25) is 7.59 Å². The van der Waals surface area contributed by atoms with Crippen LogP contribution in [0.15, 0.2) is 60.7 Å². The summed E-state index contributed by atoms with van der Waals surface area (Å²) >= 11 is 33.7. The molecule has 0 aromatic heterocycles. The van der Waals surface area contributed by atoms with Crippen LogP contribution in [0.2, 0.25) is 0 Å². The van der Waals surface area contributed by atoms with E-state index in [9.17, 15) is 29.4 Å². The number of aliphatic hydroxyl groups excluding tert-OH is 2. The molecule has 1 fully saturated rings. The third-order valence-corrected chi connectivity index (χ3v) is 6.33. The molecule has 0 unspecified atom stereocenters. The standard InChI is InChI=1S/C26H22Cl6O12/c27-25(28,29)11-39-23(37)43-19-17(41-21(35)13-7-3-1-4-8-13)15(33)16(34)18(42-22(36)14-9-5-2-6-10-14)20(19)44-24(38)40-12-26(30,31)32/h1-10,15-20,33-34H,11-12H2/t15-,16+,17-,18-,19+,20+/m0/s1. The lowest BCUT2D eigenvalue weighted by Gasteiger charge is -2.44. The van der Waals surface area contributed by atoms with Crippen LogP contribution >= 0.6 is 69.6 Å². The number of esters is 2. The molecule has 0 aliphatic heterocycles. The molecule has 0 amide bonds. The van der Waals surface area contributed by atoms with E-state index in [0.717, 1.165) is 0 Å². The number of rotatable bonds is 8. The molecule has 0 bridgehead atoms. The van der Waals surface area contributed by atoms with Gasteiger partial charge in [-0.15, -0.1) is 0 Å². The Hall–Kier alpha value is -2.42. The van der Waals surface area contributed by atoms with E-state index in [1.54, 1.807) is 12.1 Å². The van der Waals surface area contributed by atoms with Gasteiger partial charge in [-0.2, -0.15) is 0 Å². The van der Waals surface area contributed by atoms with Crippen LogP contribution in [0.4, 0.5) is 9.59 Å². The molecular formula is C26H22Cl6O12. The smallest absolute Gasteiger partial charge is 0.452 e. The van der Waals surface area contributed by atoms with Gasteiger partial charge in [0, 0.05) is 0 Å². The van der Waals surface area contributed by atoms with E-state index in [4.69, 9.17) is 98.0 Å². The van der Waals surface area contributed by atoms with Crippen molar-refractivity contribution in [2.45, 2.75) is 44.2 Å². The average Bonchev–Trinajstić information content (AvgIpc) is 2.97.